The van der Waals surface area contributed by atoms with Crippen LogP contribution in [0.15, 0.2) is 18.2 Å². The molecule has 0 aromatic heterocycles. The Kier molecular flexibility index (Phi) is 4.90. The number of carboxylic acids is 1. The molecule has 0 spiro atoms. The van der Waals surface area contributed by atoms with E-state index in [1.54, 1.807) is 19.9 Å². The molecule has 20 heavy (non-hydrogen) atoms. The molecule has 0 bridgehead atoms. The van der Waals surface area contributed by atoms with E-state index >= 15 is 0 Å². The Bertz CT molecular complexity index is 517. The van der Waals surface area contributed by atoms with Crippen molar-refractivity contribution in [1.82, 2.24) is 0 Å². The minimum Gasteiger partial charge on any atom is -0.496 e. The van der Waals surface area contributed by atoms with Gasteiger partial charge in [0.2, 0.25) is 0 Å². The van der Waals surface area contributed by atoms with E-state index in [0.717, 1.165) is 0 Å². The second-order valence-electron chi connectivity index (χ2n) is 4.71. The third-order valence-electron chi connectivity index (χ3n) is 3.37. The molecule has 0 fully saturated rings. The van der Waals surface area contributed by atoms with Gasteiger partial charge in [0, 0.05) is 6.54 Å². The summed E-state index contributed by atoms with van der Waals surface area (Å²) in [4.78, 5) is 21.7. The van der Waals surface area contributed by atoms with Crippen LogP contribution >= 0.6 is 0 Å². The summed E-state index contributed by atoms with van der Waals surface area (Å²) in [6.07, 6.45) is 0.416. The molecule has 0 heterocycles. The van der Waals surface area contributed by atoms with Crippen molar-refractivity contribution < 1.29 is 19.6 Å². The lowest BCUT2D eigenvalue weighted by Crippen LogP contribution is -2.34. The second-order valence-corrected chi connectivity index (χ2v) is 4.71. The Hall–Kier alpha value is -2.31. The van der Waals surface area contributed by atoms with Crippen LogP contribution in [0.1, 0.15) is 20.3 Å². The summed E-state index contributed by atoms with van der Waals surface area (Å²) >= 11 is 0. The zero-order valence-corrected chi connectivity index (χ0v) is 11.7. The van der Waals surface area contributed by atoms with Gasteiger partial charge in [-0.05, 0) is 25.5 Å². The number of carbonyl (C=O) groups is 1. The molecule has 0 saturated heterocycles. The number of carboxylic acid groups (broad SMARTS) is 1. The Balaban J connectivity index is 2.98. The minimum absolute atomic E-state index is 0.103. The van der Waals surface area contributed by atoms with Gasteiger partial charge in [-0.2, -0.15) is 0 Å². The average molecular weight is 282 g/mol. The summed E-state index contributed by atoms with van der Waals surface area (Å²) in [5.74, 6) is -0.567. The molecule has 1 aromatic rings. The second kappa shape index (κ2) is 6.23. The summed E-state index contributed by atoms with van der Waals surface area (Å²) < 4.78 is 4.94. The first kappa shape index (κ1) is 15.7. The molecule has 2 N–H and O–H groups in total. The highest BCUT2D eigenvalue weighted by Gasteiger charge is 2.31. The number of anilines is 1. The van der Waals surface area contributed by atoms with E-state index in [2.05, 4.69) is 5.32 Å². The highest BCUT2D eigenvalue weighted by molar-refractivity contribution is 5.75. The summed E-state index contributed by atoms with van der Waals surface area (Å²) in [7, 11) is 1.42. The molecule has 0 radical (unpaired) electrons. The molecule has 1 aromatic carbocycles. The summed E-state index contributed by atoms with van der Waals surface area (Å²) in [5.41, 5.74) is -0.849. The number of nitrogens with one attached hydrogen (secondary N) is 1. The molecule has 0 amide bonds. The first-order valence-corrected chi connectivity index (χ1v) is 6.13. The quantitative estimate of drug-likeness (QED) is 0.588. The van der Waals surface area contributed by atoms with Crippen LogP contribution in [-0.2, 0) is 4.79 Å². The Morgan fingerprint density at radius 1 is 1.55 bits per heavy atom. The highest BCUT2D eigenvalue weighted by Crippen LogP contribution is 2.30. The minimum atomic E-state index is -0.978. The number of benzene rings is 1. The smallest absolute Gasteiger partial charge is 0.311 e. The van der Waals surface area contributed by atoms with Gasteiger partial charge in [-0.3, -0.25) is 14.9 Å². The van der Waals surface area contributed by atoms with Crippen LogP contribution in [-0.4, -0.2) is 29.7 Å². The van der Waals surface area contributed by atoms with Crippen LogP contribution in [0.4, 0.5) is 11.4 Å². The van der Waals surface area contributed by atoms with E-state index in [0.29, 0.717) is 12.2 Å². The standard InChI is InChI=1S/C13H18N2O5/c1-4-13(2,12(16)17)8-14-10-6-5-9(20-3)7-11(10)15(18)19/h5-7,14H,4,8H2,1-3H3,(H,16,17). The predicted molar refractivity (Wildman–Crippen MR) is 74.2 cm³/mol. The lowest BCUT2D eigenvalue weighted by Gasteiger charge is -2.23. The molecule has 0 aliphatic rings. The number of methoxy groups -OCH3 is 1. The van der Waals surface area contributed by atoms with E-state index in [4.69, 9.17) is 4.74 Å². The lowest BCUT2D eigenvalue weighted by atomic mass is 9.87. The first-order chi connectivity index (χ1) is 9.34. The van der Waals surface area contributed by atoms with Gasteiger partial charge in [0.1, 0.15) is 11.4 Å². The molecule has 0 aliphatic carbocycles. The number of rotatable bonds is 7. The van der Waals surface area contributed by atoms with Crippen LogP contribution in [0.3, 0.4) is 0 Å². The largest absolute Gasteiger partial charge is 0.496 e. The molecule has 1 atom stereocenters. The Labute approximate surface area is 116 Å². The normalized spacial score (nSPS) is 13.3. The topological polar surface area (TPSA) is 102 Å². The maximum Gasteiger partial charge on any atom is 0.311 e. The number of hydrogen-bond donors (Lipinski definition) is 2. The van der Waals surface area contributed by atoms with Crippen molar-refractivity contribution in [2.75, 3.05) is 19.0 Å². The molecule has 0 aliphatic heterocycles. The van der Waals surface area contributed by atoms with Gasteiger partial charge >= 0.3 is 5.97 Å². The van der Waals surface area contributed by atoms with E-state index in [1.807, 2.05) is 0 Å². The van der Waals surface area contributed by atoms with Crippen molar-refractivity contribution in [3.8, 4) is 5.75 Å². The van der Waals surface area contributed by atoms with Gasteiger partial charge in [-0.15, -0.1) is 0 Å². The van der Waals surface area contributed by atoms with Crippen LogP contribution in [0.5, 0.6) is 5.75 Å². The fourth-order valence-electron chi connectivity index (χ4n) is 1.58. The fraction of sp³-hybridized carbons (Fsp3) is 0.462. The number of ether oxygens (including phenoxy) is 1. The molecule has 110 valence electrons. The summed E-state index contributed by atoms with van der Waals surface area (Å²) in [6, 6.07) is 4.39. The molecule has 7 nitrogen and oxygen atoms in total. The van der Waals surface area contributed by atoms with Gasteiger partial charge < -0.3 is 15.2 Å². The summed E-state index contributed by atoms with van der Waals surface area (Å²) in [5, 5.41) is 23.0. The van der Waals surface area contributed by atoms with Crippen molar-refractivity contribution in [3.05, 3.63) is 28.3 Å². The Morgan fingerprint density at radius 3 is 2.65 bits per heavy atom. The number of nitrogens with zero attached hydrogens (tertiary/aromatic N) is 1. The third-order valence-corrected chi connectivity index (χ3v) is 3.37. The van der Waals surface area contributed by atoms with Crippen molar-refractivity contribution in [2.45, 2.75) is 20.3 Å². The third kappa shape index (κ3) is 3.37. The molecule has 1 rings (SSSR count). The number of aliphatic carboxylic acids is 1. The van der Waals surface area contributed by atoms with Crippen LogP contribution < -0.4 is 10.1 Å². The lowest BCUT2D eigenvalue weighted by molar-refractivity contribution is -0.384. The van der Waals surface area contributed by atoms with Crippen LogP contribution in [0, 0.1) is 15.5 Å². The highest BCUT2D eigenvalue weighted by atomic mass is 16.6. The van der Waals surface area contributed by atoms with E-state index in [9.17, 15) is 20.0 Å². The molecule has 0 saturated carbocycles. The van der Waals surface area contributed by atoms with Crippen molar-refractivity contribution in [1.29, 1.82) is 0 Å². The van der Waals surface area contributed by atoms with Gasteiger partial charge in [-0.1, -0.05) is 6.92 Å². The van der Waals surface area contributed by atoms with E-state index in [-0.39, 0.29) is 17.9 Å². The van der Waals surface area contributed by atoms with Crippen molar-refractivity contribution >= 4 is 17.3 Å². The zero-order valence-electron chi connectivity index (χ0n) is 11.7. The molecule has 1 unspecified atom stereocenters. The molecule has 7 heteroatoms. The fourth-order valence-corrected chi connectivity index (χ4v) is 1.58. The van der Waals surface area contributed by atoms with Crippen molar-refractivity contribution in [3.63, 3.8) is 0 Å². The van der Waals surface area contributed by atoms with Gasteiger partial charge in [-0.25, -0.2) is 0 Å². The SMILES string of the molecule is CCC(C)(CNc1ccc(OC)cc1[N+](=O)[O-])C(=O)O. The van der Waals surface area contributed by atoms with Crippen molar-refractivity contribution in [2.24, 2.45) is 5.41 Å². The van der Waals surface area contributed by atoms with E-state index in [1.165, 1.54) is 19.2 Å². The average Bonchev–Trinajstić information content (AvgIpc) is 2.44. The summed E-state index contributed by atoms with van der Waals surface area (Å²) in [6.45, 7) is 3.46. The number of nitro benzene ring substituents is 1. The van der Waals surface area contributed by atoms with Crippen LogP contribution in [0.2, 0.25) is 0 Å². The van der Waals surface area contributed by atoms with Crippen LogP contribution in [0.25, 0.3) is 0 Å². The first-order valence-electron chi connectivity index (χ1n) is 6.13. The zero-order chi connectivity index (χ0) is 15.3. The maximum atomic E-state index is 11.2. The van der Waals surface area contributed by atoms with Gasteiger partial charge in [0.25, 0.3) is 5.69 Å². The van der Waals surface area contributed by atoms with Gasteiger partial charge in [0.05, 0.1) is 23.5 Å². The maximum absolute atomic E-state index is 11.2. The van der Waals surface area contributed by atoms with Gasteiger partial charge in [0.15, 0.2) is 0 Å². The molecular formula is C13H18N2O5. The number of nitro groups is 1. The van der Waals surface area contributed by atoms with E-state index < -0.39 is 16.3 Å². The monoisotopic (exact) mass is 282 g/mol. The predicted octanol–water partition coefficient (Wildman–Crippen LogP) is 2.52. The number of hydrogen-bond acceptors (Lipinski definition) is 5. The molecular weight excluding hydrogens is 264 g/mol. The Morgan fingerprint density at radius 2 is 2.20 bits per heavy atom.